The Kier molecular flexibility index (Phi) is 6.90. The first-order valence-corrected chi connectivity index (χ1v) is 6.64. The Balaban J connectivity index is 2.49. The molecule has 0 fully saturated rings. The van der Waals surface area contributed by atoms with Gasteiger partial charge in [0.15, 0.2) is 0 Å². The van der Waals surface area contributed by atoms with E-state index in [0.717, 1.165) is 39.0 Å². The van der Waals surface area contributed by atoms with Crippen LogP contribution in [0.3, 0.4) is 0 Å². The molecule has 0 aliphatic carbocycles. The number of aryl methyl sites for hydroxylation is 2. The Morgan fingerprint density at radius 2 is 1.88 bits per heavy atom. The molecular formula is C15H25NO. The van der Waals surface area contributed by atoms with E-state index in [1.165, 1.54) is 16.7 Å². The van der Waals surface area contributed by atoms with Crippen LogP contribution in [0, 0.1) is 0 Å². The van der Waals surface area contributed by atoms with E-state index in [0.29, 0.717) is 0 Å². The van der Waals surface area contributed by atoms with Crippen LogP contribution in [0.2, 0.25) is 0 Å². The van der Waals surface area contributed by atoms with Crippen molar-refractivity contribution >= 4 is 0 Å². The molecule has 0 aliphatic rings. The average molecular weight is 235 g/mol. The SMILES string of the molecule is CCc1ccc(CC)c(CCOCCNC)c1. The maximum Gasteiger partial charge on any atom is 0.0590 e. The quantitative estimate of drug-likeness (QED) is 0.699. The summed E-state index contributed by atoms with van der Waals surface area (Å²) in [5.41, 5.74) is 4.34. The van der Waals surface area contributed by atoms with Crippen LogP contribution < -0.4 is 5.32 Å². The van der Waals surface area contributed by atoms with Crippen molar-refractivity contribution in [3.8, 4) is 0 Å². The highest BCUT2D eigenvalue weighted by Gasteiger charge is 2.02. The maximum atomic E-state index is 5.59. The topological polar surface area (TPSA) is 21.3 Å². The van der Waals surface area contributed by atoms with Crippen molar-refractivity contribution in [1.82, 2.24) is 5.32 Å². The fourth-order valence-electron chi connectivity index (χ4n) is 1.94. The second-order valence-corrected chi connectivity index (χ2v) is 4.28. The third-order valence-corrected chi connectivity index (χ3v) is 3.07. The molecule has 17 heavy (non-hydrogen) atoms. The first-order chi connectivity index (χ1) is 8.31. The third-order valence-electron chi connectivity index (χ3n) is 3.07. The molecule has 0 saturated heterocycles. The number of likely N-dealkylation sites (N-methyl/N-ethyl adjacent to an activating group) is 1. The van der Waals surface area contributed by atoms with Crippen LogP contribution in [0.25, 0.3) is 0 Å². The molecule has 1 aromatic rings. The van der Waals surface area contributed by atoms with Crippen LogP contribution in [0.5, 0.6) is 0 Å². The molecule has 0 atom stereocenters. The van der Waals surface area contributed by atoms with E-state index in [2.05, 4.69) is 37.4 Å². The van der Waals surface area contributed by atoms with Gasteiger partial charge in [0.2, 0.25) is 0 Å². The normalized spacial score (nSPS) is 10.8. The predicted molar refractivity (Wildman–Crippen MR) is 73.6 cm³/mol. The predicted octanol–water partition coefficient (Wildman–Crippen LogP) is 2.59. The van der Waals surface area contributed by atoms with E-state index in [9.17, 15) is 0 Å². The smallest absolute Gasteiger partial charge is 0.0590 e. The number of rotatable bonds is 8. The van der Waals surface area contributed by atoms with Crippen molar-refractivity contribution in [3.05, 3.63) is 34.9 Å². The van der Waals surface area contributed by atoms with Gasteiger partial charge in [-0.2, -0.15) is 0 Å². The number of hydrogen-bond acceptors (Lipinski definition) is 2. The maximum absolute atomic E-state index is 5.59. The fourth-order valence-corrected chi connectivity index (χ4v) is 1.94. The molecule has 0 heterocycles. The van der Waals surface area contributed by atoms with E-state index in [4.69, 9.17) is 4.74 Å². The standard InChI is InChI=1S/C15H25NO/c1-4-13-6-7-14(5-2)15(12-13)8-10-17-11-9-16-3/h6-7,12,16H,4-5,8-11H2,1-3H3. The van der Waals surface area contributed by atoms with Gasteiger partial charge in [0, 0.05) is 6.54 Å². The van der Waals surface area contributed by atoms with Gasteiger partial charge in [0.1, 0.15) is 0 Å². The molecule has 0 unspecified atom stereocenters. The second kappa shape index (κ2) is 8.26. The molecule has 0 bridgehead atoms. The molecule has 2 heteroatoms. The average Bonchev–Trinajstić information content (AvgIpc) is 2.38. The lowest BCUT2D eigenvalue weighted by atomic mass is 9.99. The molecule has 0 aromatic heterocycles. The van der Waals surface area contributed by atoms with Crippen LogP contribution in [-0.2, 0) is 24.0 Å². The molecule has 1 aromatic carbocycles. The second-order valence-electron chi connectivity index (χ2n) is 4.28. The van der Waals surface area contributed by atoms with Crippen molar-refractivity contribution in [2.24, 2.45) is 0 Å². The molecule has 96 valence electrons. The molecule has 0 aliphatic heterocycles. The van der Waals surface area contributed by atoms with Gasteiger partial charge in [-0.1, -0.05) is 32.0 Å². The number of nitrogens with one attached hydrogen (secondary N) is 1. The Bertz CT molecular complexity index is 323. The van der Waals surface area contributed by atoms with Crippen LogP contribution in [0.15, 0.2) is 18.2 Å². The monoisotopic (exact) mass is 235 g/mol. The summed E-state index contributed by atoms with van der Waals surface area (Å²) in [5.74, 6) is 0. The fraction of sp³-hybridized carbons (Fsp3) is 0.600. The summed E-state index contributed by atoms with van der Waals surface area (Å²) in [6.45, 7) is 6.96. The summed E-state index contributed by atoms with van der Waals surface area (Å²) < 4.78 is 5.59. The first kappa shape index (κ1) is 14.2. The molecule has 1 rings (SSSR count). The molecule has 0 amide bonds. The minimum absolute atomic E-state index is 0.797. The lowest BCUT2D eigenvalue weighted by molar-refractivity contribution is 0.140. The van der Waals surface area contributed by atoms with Crippen molar-refractivity contribution in [2.45, 2.75) is 33.1 Å². The zero-order chi connectivity index (χ0) is 12.5. The summed E-state index contributed by atoms with van der Waals surface area (Å²) in [7, 11) is 1.95. The number of benzene rings is 1. The van der Waals surface area contributed by atoms with Gasteiger partial charge in [-0.25, -0.2) is 0 Å². The minimum atomic E-state index is 0.797. The van der Waals surface area contributed by atoms with E-state index < -0.39 is 0 Å². The largest absolute Gasteiger partial charge is 0.380 e. The van der Waals surface area contributed by atoms with Gasteiger partial charge in [0.25, 0.3) is 0 Å². The van der Waals surface area contributed by atoms with Crippen molar-refractivity contribution < 1.29 is 4.74 Å². The molecule has 0 spiro atoms. The Hall–Kier alpha value is -0.860. The van der Waals surface area contributed by atoms with Crippen LogP contribution in [-0.4, -0.2) is 26.8 Å². The van der Waals surface area contributed by atoms with E-state index >= 15 is 0 Å². The van der Waals surface area contributed by atoms with Gasteiger partial charge < -0.3 is 10.1 Å². The van der Waals surface area contributed by atoms with Gasteiger partial charge in [-0.05, 0) is 43.0 Å². The summed E-state index contributed by atoms with van der Waals surface area (Å²) in [6, 6.07) is 6.84. The summed E-state index contributed by atoms with van der Waals surface area (Å²) >= 11 is 0. The number of ether oxygens (including phenoxy) is 1. The number of hydrogen-bond donors (Lipinski definition) is 1. The van der Waals surface area contributed by atoms with Gasteiger partial charge >= 0.3 is 0 Å². The van der Waals surface area contributed by atoms with Crippen LogP contribution in [0.4, 0.5) is 0 Å². The van der Waals surface area contributed by atoms with Gasteiger partial charge in [-0.3, -0.25) is 0 Å². The van der Waals surface area contributed by atoms with Gasteiger partial charge in [-0.15, -0.1) is 0 Å². The van der Waals surface area contributed by atoms with E-state index in [-0.39, 0.29) is 0 Å². The van der Waals surface area contributed by atoms with E-state index in [1.807, 2.05) is 7.05 Å². The summed E-state index contributed by atoms with van der Waals surface area (Å²) in [6.07, 6.45) is 3.24. The first-order valence-electron chi connectivity index (χ1n) is 6.64. The van der Waals surface area contributed by atoms with Crippen molar-refractivity contribution in [3.63, 3.8) is 0 Å². The molecular weight excluding hydrogens is 210 g/mol. The summed E-state index contributed by atoms with van der Waals surface area (Å²) in [4.78, 5) is 0. The zero-order valence-corrected chi connectivity index (χ0v) is 11.4. The van der Waals surface area contributed by atoms with Gasteiger partial charge in [0.05, 0.1) is 13.2 Å². The Morgan fingerprint density at radius 1 is 1.06 bits per heavy atom. The molecule has 0 radical (unpaired) electrons. The van der Waals surface area contributed by atoms with E-state index in [1.54, 1.807) is 0 Å². The molecule has 2 nitrogen and oxygen atoms in total. The van der Waals surface area contributed by atoms with Crippen molar-refractivity contribution in [2.75, 3.05) is 26.8 Å². The van der Waals surface area contributed by atoms with Crippen molar-refractivity contribution in [1.29, 1.82) is 0 Å². The summed E-state index contributed by atoms with van der Waals surface area (Å²) in [5, 5.41) is 3.08. The highest BCUT2D eigenvalue weighted by atomic mass is 16.5. The van der Waals surface area contributed by atoms with Crippen LogP contribution in [0.1, 0.15) is 30.5 Å². The highest BCUT2D eigenvalue weighted by molar-refractivity contribution is 5.32. The zero-order valence-electron chi connectivity index (χ0n) is 11.4. The Labute approximate surface area is 105 Å². The third kappa shape index (κ3) is 4.88. The minimum Gasteiger partial charge on any atom is -0.380 e. The molecule has 0 saturated carbocycles. The highest BCUT2D eigenvalue weighted by Crippen LogP contribution is 2.14. The lowest BCUT2D eigenvalue weighted by Gasteiger charge is -2.10. The van der Waals surface area contributed by atoms with Crippen LogP contribution >= 0.6 is 0 Å². The molecule has 1 N–H and O–H groups in total. The lowest BCUT2D eigenvalue weighted by Crippen LogP contribution is -2.15. The Morgan fingerprint density at radius 3 is 2.53 bits per heavy atom.